The van der Waals surface area contributed by atoms with Crippen LogP contribution in [0.1, 0.15) is 28.8 Å². The first-order valence-electron chi connectivity index (χ1n) is 12.7. The summed E-state index contributed by atoms with van der Waals surface area (Å²) in [6.07, 6.45) is 3.23. The molecule has 2 aromatic carbocycles. The highest BCUT2D eigenvalue weighted by Crippen LogP contribution is 2.53. The van der Waals surface area contributed by atoms with Gasteiger partial charge in [0.1, 0.15) is 34.6 Å². The number of aromatic amines is 1. The molecule has 0 saturated carbocycles. The van der Waals surface area contributed by atoms with Crippen LogP contribution in [0.3, 0.4) is 0 Å². The van der Waals surface area contributed by atoms with Crippen molar-refractivity contribution in [2.45, 2.75) is 25.2 Å². The SMILES string of the molecule is COc1ccc(CCN2C(=O)[C@]3(CC(=O)Nc4c3c(C)nn4-c3ncnc4nc[nH]c34)c3cc(F)ccc32)cc1. The van der Waals surface area contributed by atoms with Crippen LogP contribution in [0.4, 0.5) is 15.9 Å². The van der Waals surface area contributed by atoms with E-state index in [9.17, 15) is 14.0 Å². The van der Waals surface area contributed by atoms with E-state index in [0.29, 0.717) is 58.3 Å². The van der Waals surface area contributed by atoms with Gasteiger partial charge in [0, 0.05) is 24.2 Å². The molecule has 7 rings (SSSR count). The fraction of sp³-hybridized carbons (Fsp3) is 0.214. The number of H-pyrrole nitrogens is 1. The molecule has 5 heterocycles. The summed E-state index contributed by atoms with van der Waals surface area (Å²) in [5, 5.41) is 7.59. The zero-order chi connectivity index (χ0) is 27.6. The Kier molecular flexibility index (Phi) is 5.21. The van der Waals surface area contributed by atoms with Gasteiger partial charge in [-0.05, 0) is 54.8 Å². The predicted molar refractivity (Wildman–Crippen MR) is 143 cm³/mol. The fourth-order valence-electron chi connectivity index (χ4n) is 5.93. The molecule has 0 fully saturated rings. The van der Waals surface area contributed by atoms with Gasteiger partial charge in [-0.25, -0.2) is 19.3 Å². The van der Waals surface area contributed by atoms with E-state index in [-0.39, 0.29) is 18.2 Å². The first-order chi connectivity index (χ1) is 19.4. The first-order valence-corrected chi connectivity index (χ1v) is 12.7. The van der Waals surface area contributed by atoms with Crippen molar-refractivity contribution in [1.29, 1.82) is 0 Å². The standard InChI is InChI=1S/C28H23FN8O3/c1-15-22-25(37(35-15)26-23-24(31-13-30-23)32-14-33-26)34-21(38)12-28(22)19-11-17(29)5-8-20(19)36(27(28)39)10-9-16-3-6-18(40-2)7-4-16/h3-8,11,13-14H,9-10,12H2,1-2H3,(H,34,38)(H,30,31,32,33)/t28-/m1/s1. The molecule has 11 nitrogen and oxygen atoms in total. The average Bonchev–Trinajstić information content (AvgIpc) is 3.63. The number of imidazole rings is 1. The third-order valence-electron chi connectivity index (χ3n) is 7.68. The van der Waals surface area contributed by atoms with Gasteiger partial charge in [0.2, 0.25) is 11.8 Å². The molecule has 40 heavy (non-hydrogen) atoms. The topological polar surface area (TPSA) is 131 Å². The number of aromatic nitrogens is 6. The highest BCUT2D eigenvalue weighted by atomic mass is 19.1. The number of methoxy groups -OCH3 is 1. The first kappa shape index (κ1) is 23.9. The highest BCUT2D eigenvalue weighted by Gasteiger charge is 2.58. The largest absolute Gasteiger partial charge is 0.497 e. The van der Waals surface area contributed by atoms with Gasteiger partial charge < -0.3 is 19.9 Å². The molecule has 2 aliphatic heterocycles. The van der Waals surface area contributed by atoms with Crippen LogP contribution in [-0.4, -0.2) is 55.2 Å². The number of rotatable bonds is 5. The Balaban J connectivity index is 1.37. The van der Waals surface area contributed by atoms with E-state index in [4.69, 9.17) is 9.84 Å². The molecule has 2 amide bonds. The maximum atomic E-state index is 14.8. The summed E-state index contributed by atoms with van der Waals surface area (Å²) in [6.45, 7) is 2.11. The summed E-state index contributed by atoms with van der Waals surface area (Å²) < 4.78 is 21.5. The number of hydrogen-bond acceptors (Lipinski definition) is 7. The Morgan fingerprint density at radius 2 is 1.93 bits per heavy atom. The van der Waals surface area contributed by atoms with E-state index in [1.807, 2.05) is 24.3 Å². The number of benzene rings is 2. The Morgan fingerprint density at radius 3 is 2.73 bits per heavy atom. The van der Waals surface area contributed by atoms with Gasteiger partial charge in [-0.2, -0.15) is 9.78 Å². The number of carbonyl (C=O) groups is 2. The summed E-state index contributed by atoms with van der Waals surface area (Å²) in [5.41, 5.74) is 2.56. The summed E-state index contributed by atoms with van der Waals surface area (Å²) in [7, 11) is 1.61. The average molecular weight is 539 g/mol. The number of aryl methyl sites for hydroxylation is 1. The number of fused-ring (bicyclic) bond motifs is 5. The zero-order valence-corrected chi connectivity index (χ0v) is 21.6. The lowest BCUT2D eigenvalue weighted by molar-refractivity contribution is -0.126. The van der Waals surface area contributed by atoms with Gasteiger partial charge >= 0.3 is 0 Å². The number of anilines is 2. The van der Waals surface area contributed by atoms with Crippen LogP contribution in [0.25, 0.3) is 17.0 Å². The molecule has 2 aliphatic rings. The molecule has 5 aromatic rings. The second-order valence-electron chi connectivity index (χ2n) is 9.87. The smallest absolute Gasteiger partial charge is 0.242 e. The van der Waals surface area contributed by atoms with Crippen molar-refractivity contribution in [2.24, 2.45) is 0 Å². The van der Waals surface area contributed by atoms with Gasteiger partial charge in [0.25, 0.3) is 0 Å². The third kappa shape index (κ3) is 3.35. The molecule has 1 atom stereocenters. The predicted octanol–water partition coefficient (Wildman–Crippen LogP) is 3.21. The number of carbonyl (C=O) groups excluding carboxylic acids is 2. The molecular weight excluding hydrogens is 515 g/mol. The fourth-order valence-corrected chi connectivity index (χ4v) is 5.93. The Labute approximate surface area is 227 Å². The maximum Gasteiger partial charge on any atom is 0.242 e. The second kappa shape index (κ2) is 8.70. The van der Waals surface area contributed by atoms with Gasteiger partial charge in [-0.1, -0.05) is 12.1 Å². The molecule has 1 spiro atoms. The summed E-state index contributed by atoms with van der Waals surface area (Å²) >= 11 is 0. The lowest BCUT2D eigenvalue weighted by atomic mass is 9.70. The van der Waals surface area contributed by atoms with Gasteiger partial charge in [-0.3, -0.25) is 9.59 Å². The minimum Gasteiger partial charge on any atom is -0.497 e. The molecule has 0 radical (unpaired) electrons. The minimum absolute atomic E-state index is 0.176. The van der Waals surface area contributed by atoms with Gasteiger partial charge in [0.15, 0.2) is 11.5 Å². The number of ether oxygens (including phenoxy) is 1. The Morgan fingerprint density at radius 1 is 1.10 bits per heavy atom. The highest BCUT2D eigenvalue weighted by molar-refractivity contribution is 6.16. The van der Waals surface area contributed by atoms with E-state index < -0.39 is 11.2 Å². The van der Waals surface area contributed by atoms with E-state index in [0.717, 1.165) is 11.3 Å². The Hall–Kier alpha value is -5.13. The van der Waals surface area contributed by atoms with Crippen LogP contribution in [0, 0.1) is 12.7 Å². The third-order valence-corrected chi connectivity index (χ3v) is 7.68. The van der Waals surface area contributed by atoms with Gasteiger partial charge in [0.05, 0.1) is 19.1 Å². The van der Waals surface area contributed by atoms with Crippen molar-refractivity contribution in [1.82, 2.24) is 29.7 Å². The number of amides is 2. The van der Waals surface area contributed by atoms with Crippen molar-refractivity contribution in [3.05, 3.63) is 83.3 Å². The molecule has 2 N–H and O–H groups in total. The molecule has 200 valence electrons. The van der Waals surface area contributed by atoms with E-state index in [1.54, 1.807) is 25.0 Å². The van der Waals surface area contributed by atoms with Crippen LogP contribution < -0.4 is 15.0 Å². The van der Waals surface area contributed by atoms with E-state index in [1.165, 1.54) is 29.5 Å². The van der Waals surface area contributed by atoms with Crippen LogP contribution in [0.2, 0.25) is 0 Å². The van der Waals surface area contributed by atoms with Crippen LogP contribution in [0.15, 0.2) is 55.1 Å². The number of nitrogens with zero attached hydrogens (tertiary/aromatic N) is 6. The quantitative estimate of drug-likeness (QED) is 0.351. The molecule has 0 saturated heterocycles. The lowest BCUT2D eigenvalue weighted by Crippen LogP contribution is -2.47. The minimum atomic E-state index is -1.45. The Bertz CT molecular complexity index is 1830. The molecule has 3 aromatic heterocycles. The van der Waals surface area contributed by atoms with Crippen molar-refractivity contribution < 1.29 is 18.7 Å². The van der Waals surface area contributed by atoms with Crippen molar-refractivity contribution in [3.8, 4) is 11.6 Å². The molecular formula is C28H23FN8O3. The second-order valence-corrected chi connectivity index (χ2v) is 9.87. The monoisotopic (exact) mass is 538 g/mol. The van der Waals surface area contributed by atoms with Crippen LogP contribution in [-0.2, 0) is 21.4 Å². The van der Waals surface area contributed by atoms with Crippen LogP contribution in [0.5, 0.6) is 5.75 Å². The zero-order valence-electron chi connectivity index (χ0n) is 21.6. The summed E-state index contributed by atoms with van der Waals surface area (Å²) in [5.74, 6) is 0.244. The van der Waals surface area contributed by atoms with Gasteiger partial charge in [-0.15, -0.1) is 0 Å². The molecule has 12 heteroatoms. The van der Waals surface area contributed by atoms with Crippen LogP contribution >= 0.6 is 0 Å². The number of nitrogens with one attached hydrogen (secondary N) is 2. The van der Waals surface area contributed by atoms with Crippen molar-refractivity contribution in [2.75, 3.05) is 23.9 Å². The lowest BCUT2D eigenvalue weighted by Gasteiger charge is -2.33. The molecule has 0 unspecified atom stereocenters. The maximum absolute atomic E-state index is 14.8. The molecule has 0 aliphatic carbocycles. The number of hydrogen-bond donors (Lipinski definition) is 2. The summed E-state index contributed by atoms with van der Waals surface area (Å²) in [4.78, 5) is 45.2. The van der Waals surface area contributed by atoms with E-state index >= 15 is 0 Å². The normalized spacial score (nSPS) is 17.8. The molecule has 0 bridgehead atoms. The van der Waals surface area contributed by atoms with Crippen molar-refractivity contribution in [3.63, 3.8) is 0 Å². The summed E-state index contributed by atoms with van der Waals surface area (Å²) in [6, 6.07) is 11.9. The van der Waals surface area contributed by atoms with E-state index in [2.05, 4.69) is 25.3 Å². The number of halogens is 1. The van der Waals surface area contributed by atoms with Crippen molar-refractivity contribution >= 4 is 34.5 Å².